The first-order valence-electron chi connectivity index (χ1n) is 4.63. The fraction of sp³-hybridized carbons (Fsp3) is 0.750. The summed E-state index contributed by atoms with van der Waals surface area (Å²) in [5.41, 5.74) is 5.35. The number of rotatable bonds is 6. The first kappa shape index (κ1) is 11.3. The van der Waals surface area contributed by atoms with Crippen molar-refractivity contribution in [3.63, 3.8) is 0 Å². The summed E-state index contributed by atoms with van der Waals surface area (Å²) < 4.78 is 5.22. The minimum Gasteiger partial charge on any atom is -0.407 e. The molecule has 0 saturated carbocycles. The Morgan fingerprint density at radius 1 is 1.57 bits per heavy atom. The Balaban J connectivity index is 2.35. The van der Waals surface area contributed by atoms with E-state index in [1.54, 1.807) is 0 Å². The third-order valence-corrected chi connectivity index (χ3v) is 2.73. The Bertz CT molecular complexity index is 266. The lowest BCUT2D eigenvalue weighted by Crippen LogP contribution is -2.18. The van der Waals surface area contributed by atoms with Gasteiger partial charge in [-0.2, -0.15) is 11.8 Å². The predicted molar refractivity (Wildman–Crippen MR) is 58.3 cm³/mol. The van der Waals surface area contributed by atoms with Crippen LogP contribution in [0.4, 0.5) is 6.01 Å². The van der Waals surface area contributed by atoms with Gasteiger partial charge in [0, 0.05) is 11.8 Å². The van der Waals surface area contributed by atoms with Gasteiger partial charge in [0.15, 0.2) is 0 Å². The SMILES string of the molecule is CCSCC(C)Nc1nnc(CN)o1. The average molecular weight is 216 g/mol. The number of anilines is 1. The van der Waals surface area contributed by atoms with Crippen LogP contribution in [-0.4, -0.2) is 27.7 Å². The van der Waals surface area contributed by atoms with Gasteiger partial charge in [0.05, 0.1) is 6.54 Å². The average Bonchev–Trinajstić information content (AvgIpc) is 2.62. The standard InChI is InChI=1S/C8H16N4OS/c1-3-14-5-6(2)10-8-12-11-7(4-9)13-8/h6H,3-5,9H2,1-2H3,(H,10,12). The second-order valence-electron chi connectivity index (χ2n) is 2.91. The molecular weight excluding hydrogens is 200 g/mol. The first-order chi connectivity index (χ1) is 6.76. The van der Waals surface area contributed by atoms with Crippen molar-refractivity contribution in [3.8, 4) is 0 Å². The second kappa shape index (κ2) is 5.87. The number of hydrogen-bond acceptors (Lipinski definition) is 6. The maximum absolute atomic E-state index is 5.35. The number of nitrogens with one attached hydrogen (secondary N) is 1. The molecule has 0 fully saturated rings. The maximum Gasteiger partial charge on any atom is 0.315 e. The molecule has 0 aliphatic heterocycles. The van der Waals surface area contributed by atoms with Gasteiger partial charge in [-0.25, -0.2) is 0 Å². The predicted octanol–water partition coefficient (Wildman–Crippen LogP) is 1.08. The molecule has 5 nitrogen and oxygen atoms in total. The van der Waals surface area contributed by atoms with E-state index in [0.717, 1.165) is 11.5 Å². The van der Waals surface area contributed by atoms with Crippen LogP contribution in [0.2, 0.25) is 0 Å². The van der Waals surface area contributed by atoms with Crippen LogP contribution in [-0.2, 0) is 6.54 Å². The number of aromatic nitrogens is 2. The van der Waals surface area contributed by atoms with Crippen molar-refractivity contribution in [1.29, 1.82) is 0 Å². The summed E-state index contributed by atoms with van der Waals surface area (Å²) in [4.78, 5) is 0. The fourth-order valence-electron chi connectivity index (χ4n) is 0.942. The van der Waals surface area contributed by atoms with Gasteiger partial charge in [-0.3, -0.25) is 0 Å². The van der Waals surface area contributed by atoms with E-state index in [9.17, 15) is 0 Å². The molecule has 0 spiro atoms. The molecule has 6 heteroatoms. The molecule has 3 N–H and O–H groups in total. The lowest BCUT2D eigenvalue weighted by molar-refractivity contribution is 0.504. The zero-order chi connectivity index (χ0) is 10.4. The van der Waals surface area contributed by atoms with E-state index in [2.05, 4.69) is 29.4 Å². The molecule has 0 radical (unpaired) electrons. The van der Waals surface area contributed by atoms with Crippen LogP contribution >= 0.6 is 11.8 Å². The number of hydrogen-bond donors (Lipinski definition) is 2. The Morgan fingerprint density at radius 2 is 2.36 bits per heavy atom. The first-order valence-corrected chi connectivity index (χ1v) is 5.78. The van der Waals surface area contributed by atoms with Gasteiger partial charge in [-0.1, -0.05) is 12.0 Å². The summed E-state index contributed by atoms with van der Waals surface area (Å²) in [6.45, 7) is 4.50. The molecular formula is C8H16N4OS. The van der Waals surface area contributed by atoms with Gasteiger partial charge in [0.2, 0.25) is 5.89 Å². The van der Waals surface area contributed by atoms with Gasteiger partial charge in [0.1, 0.15) is 0 Å². The molecule has 1 unspecified atom stereocenters. The highest BCUT2D eigenvalue weighted by Gasteiger charge is 2.07. The van der Waals surface area contributed by atoms with Crippen molar-refractivity contribution in [1.82, 2.24) is 10.2 Å². The van der Waals surface area contributed by atoms with Crippen LogP contribution in [0.1, 0.15) is 19.7 Å². The lowest BCUT2D eigenvalue weighted by atomic mass is 10.4. The van der Waals surface area contributed by atoms with Crippen LogP contribution in [0, 0.1) is 0 Å². The molecule has 0 aromatic carbocycles. The third kappa shape index (κ3) is 3.55. The highest BCUT2D eigenvalue weighted by atomic mass is 32.2. The molecule has 1 aromatic rings. The summed E-state index contributed by atoms with van der Waals surface area (Å²) in [5.74, 6) is 2.60. The molecule has 0 aliphatic carbocycles. The van der Waals surface area contributed by atoms with E-state index >= 15 is 0 Å². The van der Waals surface area contributed by atoms with Gasteiger partial charge < -0.3 is 15.5 Å². The zero-order valence-electron chi connectivity index (χ0n) is 8.49. The highest BCUT2D eigenvalue weighted by Crippen LogP contribution is 2.09. The van der Waals surface area contributed by atoms with Crippen LogP contribution in [0.5, 0.6) is 0 Å². The molecule has 14 heavy (non-hydrogen) atoms. The molecule has 1 aromatic heterocycles. The summed E-state index contributed by atoms with van der Waals surface area (Å²) in [6.07, 6.45) is 0. The molecule has 1 heterocycles. The van der Waals surface area contributed by atoms with Crippen molar-refractivity contribution >= 4 is 17.8 Å². The lowest BCUT2D eigenvalue weighted by Gasteiger charge is -2.09. The summed E-state index contributed by atoms with van der Waals surface area (Å²) in [6, 6.07) is 0.778. The van der Waals surface area contributed by atoms with Crippen molar-refractivity contribution in [2.45, 2.75) is 26.4 Å². The number of thioether (sulfide) groups is 1. The summed E-state index contributed by atoms with van der Waals surface area (Å²) in [5, 5.41) is 10.7. The summed E-state index contributed by atoms with van der Waals surface area (Å²) in [7, 11) is 0. The van der Waals surface area contributed by atoms with E-state index in [0.29, 0.717) is 17.9 Å². The Morgan fingerprint density at radius 3 is 2.93 bits per heavy atom. The van der Waals surface area contributed by atoms with Crippen molar-refractivity contribution in [3.05, 3.63) is 5.89 Å². The van der Waals surface area contributed by atoms with E-state index in [1.807, 2.05) is 11.8 Å². The number of nitrogens with zero attached hydrogens (tertiary/aromatic N) is 2. The molecule has 80 valence electrons. The van der Waals surface area contributed by atoms with Gasteiger partial charge in [-0.05, 0) is 12.7 Å². The van der Waals surface area contributed by atoms with E-state index in [4.69, 9.17) is 10.2 Å². The zero-order valence-corrected chi connectivity index (χ0v) is 9.30. The monoisotopic (exact) mass is 216 g/mol. The molecule has 0 amide bonds. The highest BCUT2D eigenvalue weighted by molar-refractivity contribution is 7.99. The van der Waals surface area contributed by atoms with Crippen molar-refractivity contribution in [2.24, 2.45) is 5.73 Å². The largest absolute Gasteiger partial charge is 0.407 e. The second-order valence-corrected chi connectivity index (χ2v) is 4.23. The molecule has 1 rings (SSSR count). The van der Waals surface area contributed by atoms with Crippen molar-refractivity contribution in [2.75, 3.05) is 16.8 Å². The van der Waals surface area contributed by atoms with E-state index < -0.39 is 0 Å². The van der Waals surface area contributed by atoms with E-state index in [1.165, 1.54) is 0 Å². The Hall–Kier alpha value is -0.750. The molecule has 0 aliphatic rings. The molecule has 0 saturated heterocycles. The smallest absolute Gasteiger partial charge is 0.315 e. The van der Waals surface area contributed by atoms with Crippen molar-refractivity contribution < 1.29 is 4.42 Å². The third-order valence-electron chi connectivity index (χ3n) is 1.58. The minimum atomic E-state index is 0.284. The fourth-order valence-corrected chi connectivity index (χ4v) is 1.61. The summed E-state index contributed by atoms with van der Waals surface area (Å²) >= 11 is 1.87. The van der Waals surface area contributed by atoms with Gasteiger partial charge in [0.25, 0.3) is 0 Å². The van der Waals surface area contributed by atoms with Gasteiger partial charge in [-0.15, -0.1) is 5.10 Å². The van der Waals surface area contributed by atoms with E-state index in [-0.39, 0.29) is 6.54 Å². The molecule has 0 bridgehead atoms. The quantitative estimate of drug-likeness (QED) is 0.741. The van der Waals surface area contributed by atoms with Gasteiger partial charge >= 0.3 is 6.01 Å². The van der Waals surface area contributed by atoms with Crippen LogP contribution in [0.15, 0.2) is 4.42 Å². The van der Waals surface area contributed by atoms with Crippen LogP contribution in [0.25, 0.3) is 0 Å². The Labute approximate surface area is 87.8 Å². The minimum absolute atomic E-state index is 0.284. The Kier molecular flexibility index (Phi) is 4.75. The normalized spacial score (nSPS) is 12.8. The van der Waals surface area contributed by atoms with Crippen LogP contribution in [0.3, 0.4) is 0 Å². The van der Waals surface area contributed by atoms with Crippen LogP contribution < -0.4 is 11.1 Å². The maximum atomic E-state index is 5.35. The molecule has 1 atom stereocenters. The number of nitrogens with two attached hydrogens (primary N) is 1. The topological polar surface area (TPSA) is 77.0 Å².